The molecule has 0 aromatic heterocycles. The van der Waals surface area contributed by atoms with Gasteiger partial charge in [0.2, 0.25) is 0 Å². The van der Waals surface area contributed by atoms with E-state index in [2.05, 4.69) is 4.72 Å². The minimum Gasteiger partial charge on any atom is -0.492 e. The predicted octanol–water partition coefficient (Wildman–Crippen LogP) is 3.37. The molecule has 2 heterocycles. The summed E-state index contributed by atoms with van der Waals surface area (Å²) in [6, 6.07) is 8.13. The van der Waals surface area contributed by atoms with Crippen molar-refractivity contribution in [2.75, 3.05) is 24.5 Å². The number of hydrogen-bond donors (Lipinski definition) is 1. The Morgan fingerprint density at radius 2 is 1.89 bits per heavy atom. The van der Waals surface area contributed by atoms with Gasteiger partial charge in [0, 0.05) is 30.5 Å². The van der Waals surface area contributed by atoms with Gasteiger partial charge in [0.15, 0.2) is 11.5 Å². The molecule has 0 saturated heterocycles. The van der Waals surface area contributed by atoms with Gasteiger partial charge in [0.25, 0.3) is 10.0 Å². The molecule has 0 unspecified atom stereocenters. The third-order valence-corrected chi connectivity index (χ3v) is 5.93. The summed E-state index contributed by atoms with van der Waals surface area (Å²) in [6.45, 7) is 5.28. The van der Waals surface area contributed by atoms with Crippen molar-refractivity contribution < 1.29 is 27.4 Å². The predicted molar refractivity (Wildman–Crippen MR) is 104 cm³/mol. The first-order valence-electron chi connectivity index (χ1n) is 9.35. The summed E-state index contributed by atoms with van der Waals surface area (Å²) in [6.07, 6.45) is 1.57. The Labute approximate surface area is 164 Å². The van der Waals surface area contributed by atoms with Gasteiger partial charge in [-0.1, -0.05) is 0 Å². The summed E-state index contributed by atoms with van der Waals surface area (Å²) in [5.74, 6) is 2.13. The number of fused-ring (bicyclic) bond motifs is 2. The normalized spacial score (nSPS) is 18.0. The fourth-order valence-electron chi connectivity index (χ4n) is 3.31. The van der Waals surface area contributed by atoms with E-state index in [1.54, 1.807) is 12.1 Å². The molecule has 0 spiro atoms. The lowest BCUT2D eigenvalue weighted by molar-refractivity contribution is 0.254. The minimum atomic E-state index is -3.85. The molecule has 0 saturated carbocycles. The van der Waals surface area contributed by atoms with Crippen molar-refractivity contribution in [1.29, 1.82) is 0 Å². The van der Waals surface area contributed by atoms with E-state index in [-0.39, 0.29) is 11.0 Å². The van der Waals surface area contributed by atoms with E-state index in [0.717, 1.165) is 18.4 Å². The Morgan fingerprint density at radius 3 is 2.68 bits per heavy atom. The van der Waals surface area contributed by atoms with Crippen molar-refractivity contribution in [1.82, 2.24) is 0 Å². The molecular formula is C20H23NO6S. The van der Waals surface area contributed by atoms with Crippen LogP contribution in [0.5, 0.6) is 23.0 Å². The van der Waals surface area contributed by atoms with Gasteiger partial charge in [-0.3, -0.25) is 4.72 Å². The molecule has 0 fully saturated rings. The Balaban J connectivity index is 1.66. The van der Waals surface area contributed by atoms with Crippen LogP contribution in [0.3, 0.4) is 0 Å². The highest BCUT2D eigenvalue weighted by molar-refractivity contribution is 7.92. The lowest BCUT2D eigenvalue weighted by Gasteiger charge is -2.15. The van der Waals surface area contributed by atoms with Crippen LogP contribution in [0.2, 0.25) is 0 Å². The van der Waals surface area contributed by atoms with Crippen molar-refractivity contribution in [2.24, 2.45) is 0 Å². The number of rotatable bonds is 5. The lowest BCUT2D eigenvalue weighted by atomic mass is 10.1. The van der Waals surface area contributed by atoms with E-state index in [0.29, 0.717) is 48.5 Å². The summed E-state index contributed by atoms with van der Waals surface area (Å²) in [5, 5.41) is 0. The number of sulfonamides is 1. The second-order valence-corrected chi connectivity index (χ2v) is 8.47. The highest BCUT2D eigenvalue weighted by Gasteiger charge is 2.25. The molecule has 1 atom stereocenters. The van der Waals surface area contributed by atoms with Crippen LogP contribution in [0.25, 0.3) is 0 Å². The molecule has 2 aromatic rings. The fourth-order valence-corrected chi connectivity index (χ4v) is 4.38. The Morgan fingerprint density at radius 1 is 1.11 bits per heavy atom. The van der Waals surface area contributed by atoms with Gasteiger partial charge in [-0.25, -0.2) is 8.42 Å². The van der Waals surface area contributed by atoms with E-state index in [1.807, 2.05) is 19.9 Å². The second-order valence-electron chi connectivity index (χ2n) is 6.79. The molecule has 7 nitrogen and oxygen atoms in total. The van der Waals surface area contributed by atoms with Gasteiger partial charge in [-0.15, -0.1) is 0 Å². The molecule has 1 N–H and O–H groups in total. The average Bonchev–Trinajstić information content (AvgIpc) is 2.86. The van der Waals surface area contributed by atoms with Crippen LogP contribution in [0.1, 0.15) is 25.8 Å². The topological polar surface area (TPSA) is 83.1 Å². The number of benzene rings is 2. The van der Waals surface area contributed by atoms with Crippen molar-refractivity contribution in [3.8, 4) is 23.0 Å². The van der Waals surface area contributed by atoms with Gasteiger partial charge < -0.3 is 18.9 Å². The van der Waals surface area contributed by atoms with Gasteiger partial charge in [0.1, 0.15) is 17.6 Å². The van der Waals surface area contributed by atoms with Crippen LogP contribution in [-0.4, -0.2) is 34.3 Å². The number of anilines is 1. The maximum absolute atomic E-state index is 13.0. The van der Waals surface area contributed by atoms with E-state index >= 15 is 0 Å². The molecule has 0 aliphatic carbocycles. The van der Waals surface area contributed by atoms with Gasteiger partial charge >= 0.3 is 0 Å². The lowest BCUT2D eigenvalue weighted by Crippen LogP contribution is -2.14. The van der Waals surface area contributed by atoms with Crippen molar-refractivity contribution in [3.05, 3.63) is 35.9 Å². The molecule has 2 aliphatic heterocycles. The maximum Gasteiger partial charge on any atom is 0.262 e. The zero-order valence-electron chi connectivity index (χ0n) is 15.9. The van der Waals surface area contributed by atoms with Crippen LogP contribution in [-0.2, 0) is 16.4 Å². The smallest absolute Gasteiger partial charge is 0.262 e. The van der Waals surface area contributed by atoms with Crippen molar-refractivity contribution in [2.45, 2.75) is 37.7 Å². The van der Waals surface area contributed by atoms with Crippen LogP contribution < -0.4 is 23.7 Å². The number of nitrogens with one attached hydrogen (secondary N) is 1. The van der Waals surface area contributed by atoms with Crippen LogP contribution in [0, 0.1) is 0 Å². The van der Waals surface area contributed by atoms with E-state index in [9.17, 15) is 8.42 Å². The van der Waals surface area contributed by atoms with E-state index < -0.39 is 10.0 Å². The molecule has 0 bridgehead atoms. The molecule has 2 aliphatic rings. The average molecular weight is 405 g/mol. The molecule has 0 radical (unpaired) electrons. The van der Waals surface area contributed by atoms with Crippen LogP contribution in [0.15, 0.2) is 35.2 Å². The summed E-state index contributed by atoms with van der Waals surface area (Å²) >= 11 is 0. The monoisotopic (exact) mass is 405 g/mol. The Hall–Kier alpha value is -2.61. The van der Waals surface area contributed by atoms with E-state index in [1.165, 1.54) is 12.1 Å². The molecule has 28 heavy (non-hydrogen) atoms. The zero-order valence-corrected chi connectivity index (χ0v) is 16.7. The van der Waals surface area contributed by atoms with Crippen LogP contribution in [0.4, 0.5) is 5.69 Å². The fraction of sp³-hybridized carbons (Fsp3) is 0.400. The Kier molecular flexibility index (Phi) is 4.97. The maximum atomic E-state index is 13.0. The molecule has 0 amide bonds. The van der Waals surface area contributed by atoms with E-state index in [4.69, 9.17) is 18.9 Å². The largest absolute Gasteiger partial charge is 0.492 e. The summed E-state index contributed by atoms with van der Waals surface area (Å²) in [7, 11) is -3.85. The van der Waals surface area contributed by atoms with Crippen molar-refractivity contribution in [3.63, 3.8) is 0 Å². The first kappa shape index (κ1) is 18.7. The summed E-state index contributed by atoms with van der Waals surface area (Å²) in [4.78, 5) is 0.0917. The van der Waals surface area contributed by atoms with Crippen molar-refractivity contribution >= 4 is 15.7 Å². The number of ether oxygens (including phenoxy) is 4. The standard InChI is InChI=1S/C20H23NO6S/c1-3-24-19-10-14-9-13(2)27-18(14)12-16(19)21-28(22,23)15-5-6-17-20(11-15)26-8-4-7-25-17/h5-6,10-13,21H,3-4,7-9H2,1-2H3/t13-/m1/s1. The van der Waals surface area contributed by atoms with Crippen LogP contribution >= 0.6 is 0 Å². The molecule has 150 valence electrons. The van der Waals surface area contributed by atoms with Gasteiger partial charge in [-0.05, 0) is 32.0 Å². The molecular weight excluding hydrogens is 382 g/mol. The van der Waals surface area contributed by atoms with Gasteiger partial charge in [0.05, 0.1) is 30.4 Å². The third-order valence-electron chi connectivity index (χ3n) is 4.57. The minimum absolute atomic E-state index is 0.0538. The number of hydrogen-bond acceptors (Lipinski definition) is 6. The zero-order chi connectivity index (χ0) is 19.7. The SMILES string of the molecule is CCOc1cc2c(cc1NS(=O)(=O)c1ccc3c(c1)OCCCO3)O[C@H](C)C2. The third kappa shape index (κ3) is 3.69. The molecule has 8 heteroatoms. The summed E-state index contributed by atoms with van der Waals surface area (Å²) in [5.41, 5.74) is 1.36. The quantitative estimate of drug-likeness (QED) is 0.821. The highest BCUT2D eigenvalue weighted by Crippen LogP contribution is 2.39. The Bertz CT molecular complexity index is 988. The first-order chi connectivity index (χ1) is 13.5. The first-order valence-corrected chi connectivity index (χ1v) is 10.8. The summed E-state index contributed by atoms with van der Waals surface area (Å²) < 4.78 is 51.2. The molecule has 2 aromatic carbocycles. The molecule has 4 rings (SSSR count). The highest BCUT2D eigenvalue weighted by atomic mass is 32.2. The van der Waals surface area contributed by atoms with Gasteiger partial charge in [-0.2, -0.15) is 0 Å². The second kappa shape index (κ2) is 7.43.